The van der Waals surface area contributed by atoms with Crippen molar-refractivity contribution in [1.82, 2.24) is 30.2 Å². The lowest BCUT2D eigenvalue weighted by atomic mass is 10.1. The summed E-state index contributed by atoms with van der Waals surface area (Å²) in [6.45, 7) is 2.35. The number of aromatic nitrogens is 4. The predicted molar refractivity (Wildman–Crippen MR) is 125 cm³/mol. The van der Waals surface area contributed by atoms with Gasteiger partial charge in [-0.2, -0.15) is 5.10 Å². The van der Waals surface area contributed by atoms with Crippen LogP contribution in [0.2, 0.25) is 0 Å². The normalized spacial score (nSPS) is 10.6. The number of hydrazine groups is 1. The number of aromatic amines is 1. The van der Waals surface area contributed by atoms with E-state index in [1.165, 1.54) is 0 Å². The third-order valence-electron chi connectivity index (χ3n) is 4.83. The molecule has 2 aromatic carbocycles. The van der Waals surface area contributed by atoms with Gasteiger partial charge in [0.25, 0.3) is 11.8 Å². The molecule has 0 saturated carbocycles. The lowest BCUT2D eigenvalue weighted by molar-refractivity contribution is -0.122. The molecule has 0 bridgehead atoms. The molecule has 3 N–H and O–H groups in total. The number of hydrogen-bond donors (Lipinski definition) is 3. The van der Waals surface area contributed by atoms with Crippen LogP contribution >= 0.6 is 12.2 Å². The second-order valence-corrected chi connectivity index (χ2v) is 7.39. The summed E-state index contributed by atoms with van der Waals surface area (Å²) in [5.74, 6) is 0.353. The van der Waals surface area contributed by atoms with Gasteiger partial charge in [-0.05, 0) is 67.7 Å². The summed E-state index contributed by atoms with van der Waals surface area (Å²) in [5.41, 5.74) is 6.80. The van der Waals surface area contributed by atoms with E-state index in [9.17, 15) is 9.59 Å². The average Bonchev–Trinajstić information content (AvgIpc) is 3.49. The van der Waals surface area contributed by atoms with Crippen molar-refractivity contribution in [3.05, 3.63) is 83.4 Å². The molecule has 4 aromatic rings. The molecule has 0 aliphatic heterocycles. The number of nitrogens with zero attached hydrogens (tertiary/aromatic N) is 3. The summed E-state index contributed by atoms with van der Waals surface area (Å²) < 4.78 is 9.13. The van der Waals surface area contributed by atoms with Gasteiger partial charge in [-0.25, -0.2) is 0 Å². The van der Waals surface area contributed by atoms with Crippen molar-refractivity contribution >= 4 is 24.0 Å². The molecule has 168 valence electrons. The molecule has 2 heterocycles. The number of benzene rings is 2. The average molecular weight is 463 g/mol. The number of hydrogen-bond acceptors (Lipinski definition) is 5. The van der Waals surface area contributed by atoms with E-state index >= 15 is 0 Å². The van der Waals surface area contributed by atoms with Gasteiger partial charge < -0.3 is 9.30 Å². The number of amides is 2. The van der Waals surface area contributed by atoms with Crippen LogP contribution in [0.25, 0.3) is 17.1 Å². The van der Waals surface area contributed by atoms with Crippen LogP contribution in [0.5, 0.6) is 5.75 Å². The maximum absolute atomic E-state index is 12.7. The molecule has 0 aliphatic carbocycles. The quantitative estimate of drug-likeness (QED) is 0.289. The zero-order valence-electron chi connectivity index (χ0n) is 17.8. The molecular weight excluding hydrogens is 440 g/mol. The molecule has 33 heavy (non-hydrogen) atoms. The molecular formula is C23H22N6O3S. The highest BCUT2D eigenvalue weighted by Crippen LogP contribution is 2.21. The lowest BCUT2D eigenvalue weighted by Gasteiger charge is -2.12. The van der Waals surface area contributed by atoms with Gasteiger partial charge in [-0.15, -0.1) is 0 Å². The first-order valence-corrected chi connectivity index (χ1v) is 10.7. The SMILES string of the molecule is CCOc1ccc(-c2n[nH]c(=S)n2CC(=O)NNC(=O)c2ccccc2-n2cccc2)cc1. The largest absolute Gasteiger partial charge is 0.494 e. The van der Waals surface area contributed by atoms with Crippen LogP contribution in [0.3, 0.4) is 0 Å². The first-order valence-electron chi connectivity index (χ1n) is 10.3. The zero-order chi connectivity index (χ0) is 23.2. The van der Waals surface area contributed by atoms with Gasteiger partial charge in [0.15, 0.2) is 10.6 Å². The van der Waals surface area contributed by atoms with Crippen molar-refractivity contribution in [3.8, 4) is 22.8 Å². The van der Waals surface area contributed by atoms with Gasteiger partial charge in [0.05, 0.1) is 17.9 Å². The van der Waals surface area contributed by atoms with Crippen molar-refractivity contribution in [2.24, 2.45) is 0 Å². The van der Waals surface area contributed by atoms with E-state index < -0.39 is 11.8 Å². The van der Waals surface area contributed by atoms with E-state index in [1.54, 1.807) is 16.7 Å². The molecule has 0 atom stereocenters. The fourth-order valence-corrected chi connectivity index (χ4v) is 3.51. The summed E-state index contributed by atoms with van der Waals surface area (Å²) in [6.07, 6.45) is 3.68. The van der Waals surface area contributed by atoms with Gasteiger partial charge in [-0.3, -0.25) is 30.1 Å². The number of rotatable bonds is 7. The Bertz CT molecular complexity index is 1310. The molecule has 9 nitrogen and oxygen atoms in total. The molecule has 0 spiro atoms. The maximum Gasteiger partial charge on any atom is 0.271 e. The Kier molecular flexibility index (Phi) is 6.65. The molecule has 0 aliphatic rings. The van der Waals surface area contributed by atoms with Crippen LogP contribution < -0.4 is 15.6 Å². The van der Waals surface area contributed by atoms with Crippen LogP contribution in [0.4, 0.5) is 0 Å². The van der Waals surface area contributed by atoms with Gasteiger partial charge >= 0.3 is 0 Å². The Labute approximate surface area is 195 Å². The third-order valence-corrected chi connectivity index (χ3v) is 5.14. The Balaban J connectivity index is 1.44. The Morgan fingerprint density at radius 3 is 2.48 bits per heavy atom. The minimum atomic E-state index is -0.452. The Hall–Kier alpha value is -4.18. The van der Waals surface area contributed by atoms with Gasteiger partial charge in [0.2, 0.25) is 0 Å². The lowest BCUT2D eigenvalue weighted by Crippen LogP contribution is -2.43. The van der Waals surface area contributed by atoms with Crippen LogP contribution in [-0.4, -0.2) is 37.8 Å². The molecule has 0 radical (unpaired) electrons. The molecule has 2 aromatic heterocycles. The number of carbonyl (C=O) groups excluding carboxylic acids is 2. The monoisotopic (exact) mass is 462 g/mol. The second kappa shape index (κ2) is 9.96. The molecule has 4 rings (SSSR count). The smallest absolute Gasteiger partial charge is 0.271 e. The van der Waals surface area contributed by atoms with E-state index in [-0.39, 0.29) is 6.54 Å². The minimum absolute atomic E-state index is 0.128. The fourth-order valence-electron chi connectivity index (χ4n) is 3.31. The highest BCUT2D eigenvalue weighted by molar-refractivity contribution is 7.71. The Morgan fingerprint density at radius 2 is 1.76 bits per heavy atom. The van der Waals surface area contributed by atoms with E-state index in [0.717, 1.165) is 11.3 Å². The second-order valence-electron chi connectivity index (χ2n) is 7.01. The standard InChI is InChI=1S/C23H22N6O3S/c1-2-32-17-11-9-16(10-12-17)21-25-27-23(33)29(21)15-20(30)24-26-22(31)18-7-3-4-8-19(18)28-13-5-6-14-28/h3-14H,2,15H2,1H3,(H,24,30)(H,26,31)(H,27,33). The summed E-state index contributed by atoms with van der Waals surface area (Å²) in [7, 11) is 0. The number of carbonyl (C=O) groups is 2. The van der Waals surface area contributed by atoms with Gasteiger partial charge in [-0.1, -0.05) is 12.1 Å². The highest BCUT2D eigenvalue weighted by atomic mass is 32.1. The summed E-state index contributed by atoms with van der Waals surface area (Å²) in [6, 6.07) is 18.2. The van der Waals surface area contributed by atoms with E-state index in [1.807, 2.05) is 72.4 Å². The first-order chi connectivity index (χ1) is 16.1. The van der Waals surface area contributed by atoms with E-state index in [4.69, 9.17) is 17.0 Å². The summed E-state index contributed by atoms with van der Waals surface area (Å²) in [5, 5.41) is 6.94. The van der Waals surface area contributed by atoms with Crippen molar-refractivity contribution < 1.29 is 14.3 Å². The zero-order valence-corrected chi connectivity index (χ0v) is 18.6. The minimum Gasteiger partial charge on any atom is -0.494 e. The maximum atomic E-state index is 12.7. The molecule has 0 unspecified atom stereocenters. The first kappa shape index (κ1) is 22.0. The number of ether oxygens (including phenoxy) is 1. The number of H-pyrrole nitrogens is 1. The molecule has 2 amide bonds. The fraction of sp³-hybridized carbons (Fsp3) is 0.130. The molecule has 10 heteroatoms. The van der Waals surface area contributed by atoms with Gasteiger partial charge in [0.1, 0.15) is 12.3 Å². The van der Waals surface area contributed by atoms with E-state index in [2.05, 4.69) is 21.0 Å². The predicted octanol–water partition coefficient (Wildman–Crippen LogP) is 3.26. The molecule has 0 saturated heterocycles. The van der Waals surface area contributed by atoms with Gasteiger partial charge in [0, 0.05) is 18.0 Å². The Morgan fingerprint density at radius 1 is 1.03 bits per heavy atom. The van der Waals surface area contributed by atoms with Crippen molar-refractivity contribution in [1.29, 1.82) is 0 Å². The van der Waals surface area contributed by atoms with Crippen LogP contribution in [-0.2, 0) is 11.3 Å². The van der Waals surface area contributed by atoms with Crippen LogP contribution in [0.1, 0.15) is 17.3 Å². The number of para-hydroxylation sites is 1. The van der Waals surface area contributed by atoms with Crippen LogP contribution in [0.15, 0.2) is 73.1 Å². The molecule has 0 fully saturated rings. The third kappa shape index (κ3) is 5.01. The summed E-state index contributed by atoms with van der Waals surface area (Å²) >= 11 is 5.28. The van der Waals surface area contributed by atoms with Crippen molar-refractivity contribution in [3.63, 3.8) is 0 Å². The van der Waals surface area contributed by atoms with Crippen molar-refractivity contribution in [2.45, 2.75) is 13.5 Å². The highest BCUT2D eigenvalue weighted by Gasteiger charge is 2.15. The van der Waals surface area contributed by atoms with E-state index in [0.29, 0.717) is 28.5 Å². The summed E-state index contributed by atoms with van der Waals surface area (Å²) in [4.78, 5) is 25.3. The van der Waals surface area contributed by atoms with Crippen molar-refractivity contribution in [2.75, 3.05) is 6.61 Å². The number of nitrogens with one attached hydrogen (secondary N) is 3. The van der Waals surface area contributed by atoms with Crippen LogP contribution in [0, 0.1) is 4.77 Å². The topological polar surface area (TPSA) is 106 Å².